The lowest BCUT2D eigenvalue weighted by atomic mass is 10.3. The first kappa shape index (κ1) is 19.6. The van der Waals surface area contributed by atoms with Crippen LogP contribution in [0.15, 0.2) is 48.5 Å². The lowest BCUT2D eigenvalue weighted by Crippen LogP contribution is -2.39. The van der Waals surface area contributed by atoms with Gasteiger partial charge in [-0.15, -0.1) is 0 Å². The number of carbonyl (C=O) groups excluding carboxylic acids is 2. The molecule has 0 unspecified atom stereocenters. The number of nitrogens with one attached hydrogen (secondary N) is 1. The van der Waals surface area contributed by atoms with Crippen LogP contribution in [0.2, 0.25) is 5.02 Å². The molecule has 1 N–H and O–H groups in total. The van der Waals surface area contributed by atoms with E-state index >= 15 is 0 Å². The van der Waals surface area contributed by atoms with E-state index in [1.54, 1.807) is 47.4 Å². The van der Waals surface area contributed by atoms with Gasteiger partial charge in [0.1, 0.15) is 0 Å². The van der Waals surface area contributed by atoms with Crippen LogP contribution in [0.25, 0.3) is 0 Å². The van der Waals surface area contributed by atoms with E-state index in [1.807, 2.05) is 6.07 Å². The van der Waals surface area contributed by atoms with Crippen LogP contribution in [0, 0.1) is 0 Å². The number of halogens is 1. The number of anilines is 1. The first-order valence-corrected chi connectivity index (χ1v) is 8.45. The summed E-state index contributed by atoms with van der Waals surface area (Å²) in [6.45, 7) is 1.95. The second-order valence-corrected chi connectivity index (χ2v) is 5.88. The van der Waals surface area contributed by atoms with Crippen molar-refractivity contribution in [2.24, 2.45) is 0 Å². The molecular weight excluding hydrogens is 356 g/mol. The summed E-state index contributed by atoms with van der Waals surface area (Å²) in [5.74, 6) is 0.635. The number of hydrogen-bond acceptors (Lipinski definition) is 4. The van der Waals surface area contributed by atoms with Crippen LogP contribution >= 0.6 is 11.6 Å². The average molecular weight is 377 g/mol. The van der Waals surface area contributed by atoms with Crippen LogP contribution in [0.3, 0.4) is 0 Å². The van der Waals surface area contributed by atoms with Crippen LogP contribution in [0.1, 0.15) is 6.92 Å². The summed E-state index contributed by atoms with van der Waals surface area (Å²) >= 11 is 5.97. The highest BCUT2D eigenvalue weighted by Gasteiger charge is 2.12. The number of methoxy groups -OCH3 is 1. The van der Waals surface area contributed by atoms with E-state index in [1.165, 1.54) is 14.0 Å². The first-order chi connectivity index (χ1) is 12.5. The quantitative estimate of drug-likeness (QED) is 0.769. The van der Waals surface area contributed by atoms with Gasteiger partial charge in [0.25, 0.3) is 5.91 Å². The largest absolute Gasteiger partial charge is 0.493 e. The standard InChI is InChI=1S/C19H21ClN2O4/c1-14(23)22(16-7-5-6-15(20)12-16)11-10-21-19(24)13-26-18-9-4-3-8-17(18)25-2/h3-9,12H,10-11,13H2,1-2H3,(H,21,24). The van der Waals surface area contributed by atoms with Crippen molar-refractivity contribution >= 4 is 29.1 Å². The van der Waals surface area contributed by atoms with Crippen LogP contribution in [0.5, 0.6) is 11.5 Å². The fraction of sp³-hybridized carbons (Fsp3) is 0.263. The summed E-state index contributed by atoms with van der Waals surface area (Å²) in [6, 6.07) is 14.1. The minimum Gasteiger partial charge on any atom is -0.493 e. The minimum atomic E-state index is -0.287. The van der Waals surface area contributed by atoms with Gasteiger partial charge in [-0.2, -0.15) is 0 Å². The summed E-state index contributed by atoms with van der Waals surface area (Å²) in [7, 11) is 1.54. The van der Waals surface area contributed by atoms with E-state index in [0.717, 1.165) is 0 Å². The second kappa shape index (κ2) is 9.68. The third kappa shape index (κ3) is 5.67. The summed E-state index contributed by atoms with van der Waals surface area (Å²) in [4.78, 5) is 25.3. The van der Waals surface area contributed by atoms with Crippen molar-refractivity contribution in [1.82, 2.24) is 5.32 Å². The van der Waals surface area contributed by atoms with Gasteiger partial charge in [-0.1, -0.05) is 29.8 Å². The highest BCUT2D eigenvalue weighted by Crippen LogP contribution is 2.25. The van der Waals surface area contributed by atoms with Crippen molar-refractivity contribution in [1.29, 1.82) is 0 Å². The Morgan fingerprint density at radius 3 is 2.50 bits per heavy atom. The molecule has 0 saturated heterocycles. The zero-order chi connectivity index (χ0) is 18.9. The van der Waals surface area contributed by atoms with Crippen molar-refractivity contribution in [3.05, 3.63) is 53.6 Å². The van der Waals surface area contributed by atoms with E-state index in [4.69, 9.17) is 21.1 Å². The lowest BCUT2D eigenvalue weighted by molar-refractivity contribution is -0.123. The Kier molecular flexibility index (Phi) is 7.29. The van der Waals surface area contributed by atoms with Crippen LogP contribution in [-0.2, 0) is 9.59 Å². The predicted molar refractivity (Wildman–Crippen MR) is 101 cm³/mol. The van der Waals surface area contributed by atoms with Gasteiger partial charge in [-0.25, -0.2) is 0 Å². The molecule has 2 aromatic rings. The Hall–Kier alpha value is -2.73. The molecule has 0 radical (unpaired) electrons. The van der Waals surface area contributed by atoms with Crippen molar-refractivity contribution in [2.75, 3.05) is 31.7 Å². The molecule has 7 heteroatoms. The zero-order valence-electron chi connectivity index (χ0n) is 14.7. The molecule has 0 heterocycles. The number of nitrogens with zero attached hydrogens (tertiary/aromatic N) is 1. The summed E-state index contributed by atoms with van der Waals surface area (Å²) in [5, 5.41) is 3.27. The van der Waals surface area contributed by atoms with Gasteiger partial charge in [0.05, 0.1) is 7.11 Å². The molecule has 0 aliphatic heterocycles. The normalized spacial score (nSPS) is 10.1. The van der Waals surface area contributed by atoms with Crippen molar-refractivity contribution in [3.63, 3.8) is 0 Å². The molecule has 0 atom stereocenters. The molecule has 6 nitrogen and oxygen atoms in total. The molecule has 26 heavy (non-hydrogen) atoms. The van der Waals surface area contributed by atoms with E-state index in [0.29, 0.717) is 35.3 Å². The van der Waals surface area contributed by atoms with E-state index < -0.39 is 0 Å². The van der Waals surface area contributed by atoms with Crippen molar-refractivity contribution < 1.29 is 19.1 Å². The van der Waals surface area contributed by atoms with E-state index in [2.05, 4.69) is 5.32 Å². The molecule has 0 aliphatic rings. The van der Waals surface area contributed by atoms with Crippen molar-refractivity contribution in [2.45, 2.75) is 6.92 Å². The lowest BCUT2D eigenvalue weighted by Gasteiger charge is -2.21. The molecular formula is C19H21ClN2O4. The summed E-state index contributed by atoms with van der Waals surface area (Å²) < 4.78 is 10.6. The second-order valence-electron chi connectivity index (χ2n) is 5.44. The van der Waals surface area contributed by atoms with E-state index in [-0.39, 0.29) is 18.4 Å². The summed E-state index contributed by atoms with van der Waals surface area (Å²) in [6.07, 6.45) is 0. The molecule has 2 aromatic carbocycles. The fourth-order valence-corrected chi connectivity index (χ4v) is 2.54. The number of ether oxygens (including phenoxy) is 2. The molecule has 0 bridgehead atoms. The van der Waals surface area contributed by atoms with Gasteiger partial charge in [-0.05, 0) is 30.3 Å². The Morgan fingerprint density at radius 1 is 1.12 bits per heavy atom. The van der Waals surface area contributed by atoms with Crippen LogP contribution < -0.4 is 19.7 Å². The first-order valence-electron chi connectivity index (χ1n) is 8.07. The molecule has 2 rings (SSSR count). The fourth-order valence-electron chi connectivity index (χ4n) is 2.35. The minimum absolute atomic E-state index is 0.133. The maximum atomic E-state index is 12.0. The van der Waals surface area contributed by atoms with Gasteiger partial charge >= 0.3 is 0 Å². The highest BCUT2D eigenvalue weighted by molar-refractivity contribution is 6.30. The molecule has 0 fully saturated rings. The number of carbonyl (C=O) groups is 2. The number of amides is 2. The van der Waals surface area contributed by atoms with Crippen molar-refractivity contribution in [3.8, 4) is 11.5 Å². The monoisotopic (exact) mass is 376 g/mol. The Morgan fingerprint density at radius 2 is 1.85 bits per heavy atom. The van der Waals surface area contributed by atoms with Crippen LogP contribution in [-0.4, -0.2) is 38.6 Å². The Labute approximate surface area is 157 Å². The van der Waals surface area contributed by atoms with Gasteiger partial charge < -0.3 is 19.7 Å². The van der Waals surface area contributed by atoms with Gasteiger partial charge in [0, 0.05) is 30.7 Å². The maximum absolute atomic E-state index is 12.0. The average Bonchev–Trinajstić information content (AvgIpc) is 2.63. The van der Waals surface area contributed by atoms with Gasteiger partial charge in [0.2, 0.25) is 5.91 Å². The molecule has 0 saturated carbocycles. The molecule has 138 valence electrons. The Bertz CT molecular complexity index is 767. The molecule has 0 aliphatic carbocycles. The third-order valence-electron chi connectivity index (χ3n) is 3.59. The third-order valence-corrected chi connectivity index (χ3v) is 3.82. The highest BCUT2D eigenvalue weighted by atomic mass is 35.5. The van der Waals surface area contributed by atoms with Crippen LogP contribution in [0.4, 0.5) is 5.69 Å². The maximum Gasteiger partial charge on any atom is 0.258 e. The number of para-hydroxylation sites is 2. The topological polar surface area (TPSA) is 67.9 Å². The number of benzene rings is 2. The number of hydrogen-bond donors (Lipinski definition) is 1. The Balaban J connectivity index is 1.83. The zero-order valence-corrected chi connectivity index (χ0v) is 15.5. The smallest absolute Gasteiger partial charge is 0.258 e. The molecule has 0 spiro atoms. The molecule has 0 aromatic heterocycles. The van der Waals surface area contributed by atoms with E-state index in [9.17, 15) is 9.59 Å². The SMILES string of the molecule is COc1ccccc1OCC(=O)NCCN(C(C)=O)c1cccc(Cl)c1. The molecule has 2 amide bonds. The summed E-state index contributed by atoms with van der Waals surface area (Å²) in [5.41, 5.74) is 0.685. The van der Waals surface area contributed by atoms with Gasteiger partial charge in [0.15, 0.2) is 18.1 Å². The number of rotatable bonds is 8. The van der Waals surface area contributed by atoms with Gasteiger partial charge in [-0.3, -0.25) is 9.59 Å². The predicted octanol–water partition coefficient (Wildman–Crippen LogP) is 2.90.